The van der Waals surface area contributed by atoms with Gasteiger partial charge in [-0.05, 0) is 25.0 Å². The van der Waals surface area contributed by atoms with Crippen LogP contribution in [0.3, 0.4) is 0 Å². The number of rotatable bonds is 3. The van der Waals surface area contributed by atoms with Gasteiger partial charge in [-0.25, -0.2) is 4.98 Å². The molecule has 2 rings (SSSR count). The lowest BCUT2D eigenvalue weighted by Gasteiger charge is -2.11. The summed E-state index contributed by atoms with van der Waals surface area (Å²) in [7, 11) is 1.54. The fourth-order valence-corrected chi connectivity index (χ4v) is 1.63. The standard InChI is InChI=1S/C11H14N2O3/c1-15-8-4-2-6-12-10(8)13-11(14)9-5-3-7-16-9/h2,4,6,9H,3,5,7H2,1H3,(H,12,13,14). The zero-order valence-electron chi connectivity index (χ0n) is 9.10. The number of pyridine rings is 1. The summed E-state index contributed by atoms with van der Waals surface area (Å²) in [5.41, 5.74) is 0. The van der Waals surface area contributed by atoms with Crippen LogP contribution in [-0.2, 0) is 9.53 Å². The number of hydrogen-bond donors (Lipinski definition) is 1. The minimum absolute atomic E-state index is 0.158. The van der Waals surface area contributed by atoms with E-state index in [1.165, 1.54) is 0 Å². The molecule has 1 atom stereocenters. The SMILES string of the molecule is COc1cccnc1NC(=O)C1CCCO1. The third kappa shape index (κ3) is 2.30. The summed E-state index contributed by atoms with van der Waals surface area (Å²) in [6.07, 6.45) is 2.94. The molecule has 1 fully saturated rings. The van der Waals surface area contributed by atoms with Gasteiger partial charge < -0.3 is 14.8 Å². The number of carbonyl (C=O) groups is 1. The Bertz CT molecular complexity index is 375. The van der Waals surface area contributed by atoms with E-state index in [1.54, 1.807) is 25.4 Å². The van der Waals surface area contributed by atoms with Crippen LogP contribution in [0.5, 0.6) is 5.75 Å². The molecule has 1 N–H and O–H groups in total. The molecule has 0 radical (unpaired) electrons. The zero-order chi connectivity index (χ0) is 11.4. The number of anilines is 1. The Labute approximate surface area is 93.8 Å². The summed E-state index contributed by atoms with van der Waals surface area (Å²) in [6.45, 7) is 0.650. The highest BCUT2D eigenvalue weighted by molar-refractivity contribution is 5.94. The molecule has 0 saturated carbocycles. The Hall–Kier alpha value is -1.62. The number of amides is 1. The highest BCUT2D eigenvalue weighted by atomic mass is 16.5. The van der Waals surface area contributed by atoms with Crippen molar-refractivity contribution in [3.8, 4) is 5.75 Å². The molecule has 1 aliphatic heterocycles. The third-order valence-corrected chi connectivity index (χ3v) is 2.45. The quantitative estimate of drug-likeness (QED) is 0.835. The molecule has 0 spiro atoms. The first-order valence-electron chi connectivity index (χ1n) is 5.22. The third-order valence-electron chi connectivity index (χ3n) is 2.45. The van der Waals surface area contributed by atoms with Crippen LogP contribution in [0.1, 0.15) is 12.8 Å². The van der Waals surface area contributed by atoms with E-state index in [9.17, 15) is 4.79 Å². The lowest BCUT2D eigenvalue weighted by atomic mass is 10.2. The summed E-state index contributed by atoms with van der Waals surface area (Å²) in [5.74, 6) is 0.828. The van der Waals surface area contributed by atoms with Crippen molar-refractivity contribution in [2.24, 2.45) is 0 Å². The average Bonchev–Trinajstić information content (AvgIpc) is 2.83. The molecule has 1 aromatic rings. The van der Waals surface area contributed by atoms with Crippen molar-refractivity contribution < 1.29 is 14.3 Å². The first-order valence-corrected chi connectivity index (χ1v) is 5.22. The number of hydrogen-bond acceptors (Lipinski definition) is 4. The van der Waals surface area contributed by atoms with Gasteiger partial charge >= 0.3 is 0 Å². The van der Waals surface area contributed by atoms with E-state index in [-0.39, 0.29) is 12.0 Å². The van der Waals surface area contributed by atoms with Gasteiger partial charge in [0, 0.05) is 12.8 Å². The predicted octanol–water partition coefficient (Wildman–Crippen LogP) is 1.21. The summed E-state index contributed by atoms with van der Waals surface area (Å²) in [5, 5.41) is 2.70. The van der Waals surface area contributed by atoms with Crippen molar-refractivity contribution in [3.63, 3.8) is 0 Å². The van der Waals surface area contributed by atoms with Gasteiger partial charge in [-0.2, -0.15) is 0 Å². The fraction of sp³-hybridized carbons (Fsp3) is 0.455. The summed E-state index contributed by atoms with van der Waals surface area (Å²) >= 11 is 0. The lowest BCUT2D eigenvalue weighted by molar-refractivity contribution is -0.124. The molecule has 0 aliphatic carbocycles. The molecular weight excluding hydrogens is 208 g/mol. The normalized spacial score (nSPS) is 19.4. The minimum atomic E-state index is -0.355. The van der Waals surface area contributed by atoms with Gasteiger partial charge in [-0.1, -0.05) is 0 Å². The molecule has 1 amide bonds. The number of aromatic nitrogens is 1. The van der Waals surface area contributed by atoms with Crippen LogP contribution >= 0.6 is 0 Å². The second-order valence-corrected chi connectivity index (χ2v) is 3.55. The summed E-state index contributed by atoms with van der Waals surface area (Å²) < 4.78 is 10.4. The van der Waals surface area contributed by atoms with Crippen LogP contribution in [0.2, 0.25) is 0 Å². The van der Waals surface area contributed by atoms with E-state index < -0.39 is 0 Å². The molecule has 0 aromatic carbocycles. The van der Waals surface area contributed by atoms with Gasteiger partial charge in [-0.3, -0.25) is 4.79 Å². The van der Waals surface area contributed by atoms with E-state index in [1.807, 2.05) is 0 Å². The molecule has 1 unspecified atom stereocenters. The molecule has 1 aromatic heterocycles. The molecule has 5 heteroatoms. The van der Waals surface area contributed by atoms with Gasteiger partial charge in [0.15, 0.2) is 11.6 Å². The van der Waals surface area contributed by atoms with Gasteiger partial charge in [0.1, 0.15) is 6.10 Å². The molecule has 16 heavy (non-hydrogen) atoms. The highest BCUT2D eigenvalue weighted by Crippen LogP contribution is 2.21. The second-order valence-electron chi connectivity index (χ2n) is 3.55. The van der Waals surface area contributed by atoms with E-state index >= 15 is 0 Å². The maximum atomic E-state index is 11.8. The first kappa shape index (κ1) is 10.9. The van der Waals surface area contributed by atoms with Crippen LogP contribution < -0.4 is 10.1 Å². The van der Waals surface area contributed by atoms with Crippen molar-refractivity contribution in [3.05, 3.63) is 18.3 Å². The van der Waals surface area contributed by atoms with Crippen molar-refractivity contribution in [1.82, 2.24) is 4.98 Å². The van der Waals surface area contributed by atoms with Gasteiger partial charge in [0.2, 0.25) is 0 Å². The molecular formula is C11H14N2O3. The maximum Gasteiger partial charge on any atom is 0.254 e. The van der Waals surface area contributed by atoms with Crippen LogP contribution in [0.25, 0.3) is 0 Å². The molecule has 86 valence electrons. The Morgan fingerprint density at radius 1 is 1.69 bits per heavy atom. The number of methoxy groups -OCH3 is 1. The van der Waals surface area contributed by atoms with Crippen LogP contribution in [-0.4, -0.2) is 30.7 Å². The Kier molecular flexibility index (Phi) is 3.36. The van der Waals surface area contributed by atoms with E-state index in [2.05, 4.69) is 10.3 Å². The largest absolute Gasteiger partial charge is 0.493 e. The Balaban J connectivity index is 2.05. The monoisotopic (exact) mass is 222 g/mol. The predicted molar refractivity (Wildman–Crippen MR) is 58.4 cm³/mol. The van der Waals surface area contributed by atoms with E-state index in [0.29, 0.717) is 18.2 Å². The van der Waals surface area contributed by atoms with E-state index in [0.717, 1.165) is 12.8 Å². The van der Waals surface area contributed by atoms with Crippen molar-refractivity contribution in [2.75, 3.05) is 19.0 Å². The molecule has 5 nitrogen and oxygen atoms in total. The lowest BCUT2D eigenvalue weighted by Crippen LogP contribution is -2.27. The molecule has 1 aliphatic rings. The van der Waals surface area contributed by atoms with Crippen molar-refractivity contribution >= 4 is 11.7 Å². The molecule has 0 bridgehead atoms. The zero-order valence-corrected chi connectivity index (χ0v) is 9.10. The second kappa shape index (κ2) is 4.94. The van der Waals surface area contributed by atoms with Crippen LogP contribution in [0.15, 0.2) is 18.3 Å². The number of carbonyl (C=O) groups excluding carboxylic acids is 1. The highest BCUT2D eigenvalue weighted by Gasteiger charge is 2.24. The fourth-order valence-electron chi connectivity index (χ4n) is 1.63. The van der Waals surface area contributed by atoms with Crippen molar-refractivity contribution in [1.29, 1.82) is 0 Å². The van der Waals surface area contributed by atoms with Crippen molar-refractivity contribution in [2.45, 2.75) is 18.9 Å². The molecule has 2 heterocycles. The first-order chi connectivity index (χ1) is 7.81. The Morgan fingerprint density at radius 3 is 3.25 bits per heavy atom. The van der Waals surface area contributed by atoms with E-state index in [4.69, 9.17) is 9.47 Å². The Morgan fingerprint density at radius 2 is 2.56 bits per heavy atom. The van der Waals surface area contributed by atoms with Gasteiger partial charge in [0.25, 0.3) is 5.91 Å². The van der Waals surface area contributed by atoms with Crippen LogP contribution in [0.4, 0.5) is 5.82 Å². The number of ether oxygens (including phenoxy) is 2. The minimum Gasteiger partial charge on any atom is -0.493 e. The summed E-state index contributed by atoms with van der Waals surface area (Å²) in [4.78, 5) is 15.8. The average molecular weight is 222 g/mol. The number of nitrogens with zero attached hydrogens (tertiary/aromatic N) is 1. The molecule has 1 saturated heterocycles. The maximum absolute atomic E-state index is 11.8. The van der Waals surface area contributed by atoms with Gasteiger partial charge in [0.05, 0.1) is 7.11 Å². The smallest absolute Gasteiger partial charge is 0.254 e. The number of nitrogens with one attached hydrogen (secondary N) is 1. The topological polar surface area (TPSA) is 60.5 Å². The van der Waals surface area contributed by atoms with Crippen LogP contribution in [0, 0.1) is 0 Å². The van der Waals surface area contributed by atoms with Gasteiger partial charge in [-0.15, -0.1) is 0 Å². The summed E-state index contributed by atoms with van der Waals surface area (Å²) in [6, 6.07) is 3.50.